The number of nitrogens with one attached hydrogen (secondary N) is 1. The summed E-state index contributed by atoms with van der Waals surface area (Å²) in [6.07, 6.45) is 15.5. The Hall–Kier alpha value is -3.30. The van der Waals surface area contributed by atoms with E-state index in [1.54, 1.807) is 6.07 Å². The molecule has 2 saturated heterocycles. The number of para-hydroxylation sites is 3. The minimum Gasteiger partial charge on any atom is -0.478 e. The molecule has 3 fully saturated rings. The second kappa shape index (κ2) is 11.8. The van der Waals surface area contributed by atoms with E-state index < -0.39 is 5.97 Å². The maximum absolute atomic E-state index is 12.4. The zero-order valence-electron chi connectivity index (χ0n) is 25.4. The van der Waals surface area contributed by atoms with Gasteiger partial charge in [-0.05, 0) is 69.6 Å². The molecule has 0 aromatic heterocycles. The highest BCUT2D eigenvalue weighted by atomic mass is 16.4. The average molecular weight is 568 g/mol. The van der Waals surface area contributed by atoms with E-state index in [1.165, 1.54) is 63.5 Å². The zero-order valence-corrected chi connectivity index (χ0v) is 25.4. The van der Waals surface area contributed by atoms with Crippen LogP contribution in [0.5, 0.6) is 0 Å². The van der Waals surface area contributed by atoms with Crippen molar-refractivity contribution in [2.75, 3.05) is 23.3 Å². The van der Waals surface area contributed by atoms with Gasteiger partial charge >= 0.3 is 5.97 Å². The molecule has 6 nitrogen and oxygen atoms in total. The molecule has 222 valence electrons. The van der Waals surface area contributed by atoms with Gasteiger partial charge < -0.3 is 15.3 Å². The lowest BCUT2D eigenvalue weighted by atomic mass is 9.65. The second-order valence-electron chi connectivity index (χ2n) is 13.4. The van der Waals surface area contributed by atoms with E-state index in [1.807, 2.05) is 18.2 Å². The molecule has 4 atom stereocenters. The van der Waals surface area contributed by atoms with Gasteiger partial charge in [0.05, 0.1) is 24.3 Å². The van der Waals surface area contributed by atoms with E-state index in [2.05, 4.69) is 60.5 Å². The molecule has 2 aromatic rings. The number of anilines is 2. The van der Waals surface area contributed by atoms with Crippen molar-refractivity contribution in [2.24, 2.45) is 11.3 Å². The Morgan fingerprint density at radius 1 is 0.952 bits per heavy atom. The summed E-state index contributed by atoms with van der Waals surface area (Å²) in [5.74, 6) is -0.730. The number of carboxylic acids is 1. The molecule has 3 heterocycles. The quantitative estimate of drug-likeness (QED) is 0.288. The fourth-order valence-corrected chi connectivity index (χ4v) is 9.36. The van der Waals surface area contributed by atoms with Gasteiger partial charge in [0.25, 0.3) is 0 Å². The lowest BCUT2D eigenvalue weighted by Crippen LogP contribution is -2.59. The summed E-state index contributed by atoms with van der Waals surface area (Å²) in [5, 5.41) is 24.8. The summed E-state index contributed by atoms with van der Waals surface area (Å²) in [7, 11) is 0. The van der Waals surface area contributed by atoms with E-state index in [-0.39, 0.29) is 29.6 Å². The van der Waals surface area contributed by atoms with Gasteiger partial charge in [-0.25, -0.2) is 4.79 Å². The van der Waals surface area contributed by atoms with Crippen molar-refractivity contribution in [2.45, 2.75) is 103 Å². The average Bonchev–Trinajstić information content (AvgIpc) is 3.46. The van der Waals surface area contributed by atoms with E-state index >= 15 is 0 Å². The van der Waals surface area contributed by atoms with Crippen molar-refractivity contribution in [3.05, 3.63) is 65.7 Å². The molecule has 4 unspecified atom stereocenters. The Labute approximate surface area is 251 Å². The molecule has 3 aliphatic heterocycles. The molecule has 42 heavy (non-hydrogen) atoms. The lowest BCUT2D eigenvalue weighted by Gasteiger charge is -2.42. The van der Waals surface area contributed by atoms with Crippen molar-refractivity contribution in [3.8, 4) is 6.07 Å². The molecule has 2 N–H and O–H groups in total. The van der Waals surface area contributed by atoms with Crippen LogP contribution in [0.25, 0.3) is 0 Å². The molecule has 6 heteroatoms. The van der Waals surface area contributed by atoms with Crippen molar-refractivity contribution in [3.63, 3.8) is 0 Å². The first-order chi connectivity index (χ1) is 20.4. The fraction of sp³-hybridized carbons (Fsp3) is 0.556. The number of rotatable bonds is 4. The van der Waals surface area contributed by atoms with Crippen LogP contribution in [0.3, 0.4) is 0 Å². The lowest BCUT2D eigenvalue weighted by molar-refractivity contribution is 0.0697. The van der Waals surface area contributed by atoms with Crippen LogP contribution < -0.4 is 14.7 Å². The summed E-state index contributed by atoms with van der Waals surface area (Å²) in [5.41, 5.74) is 4.49. The van der Waals surface area contributed by atoms with Gasteiger partial charge in [-0.1, -0.05) is 68.9 Å². The first-order valence-corrected chi connectivity index (χ1v) is 16.4. The van der Waals surface area contributed by atoms with E-state index in [9.17, 15) is 15.2 Å². The smallest absolute Gasteiger partial charge is 0.337 e. The number of hydrogen-bond acceptors (Lipinski definition) is 4. The summed E-state index contributed by atoms with van der Waals surface area (Å²) in [6.45, 7) is 6.70. The number of aromatic carboxylic acids is 1. The minimum atomic E-state index is -0.880. The molecule has 2 spiro atoms. The number of nitrogens with zero attached hydrogens (tertiary/aromatic N) is 3. The third-order valence-corrected chi connectivity index (χ3v) is 11.4. The molecular weight excluding hydrogens is 520 g/mol. The third-order valence-electron chi connectivity index (χ3n) is 11.4. The standard InChI is InChI=1S/C36H46N4O2/c1-26-30(24-28(25-37)34-38-31-17-9-11-19-33(31)40(34)22-14-7-15-23-40)36(20-12-5-3-4-6-13-21-36)27(2)39(26)32-18-10-8-16-29(32)35(41)42/h8-11,16-19,24,26-27,30,34,38H,3-7,12-15,20-23H2,1-2H3/p+1. The normalized spacial score (nSPS) is 28.8. The molecule has 0 amide bonds. The molecule has 1 saturated carbocycles. The molecule has 4 aliphatic rings. The predicted octanol–water partition coefficient (Wildman–Crippen LogP) is 8.11. The summed E-state index contributed by atoms with van der Waals surface area (Å²) in [4.78, 5) is 14.8. The van der Waals surface area contributed by atoms with Gasteiger partial charge in [0.1, 0.15) is 17.3 Å². The van der Waals surface area contributed by atoms with Gasteiger partial charge in [-0.15, -0.1) is 0 Å². The van der Waals surface area contributed by atoms with Crippen LogP contribution >= 0.6 is 0 Å². The molecule has 0 radical (unpaired) electrons. The third kappa shape index (κ3) is 4.71. The van der Waals surface area contributed by atoms with Gasteiger partial charge in [-0.2, -0.15) is 5.26 Å². The van der Waals surface area contributed by atoms with E-state index in [4.69, 9.17) is 0 Å². The highest BCUT2D eigenvalue weighted by Gasteiger charge is 2.56. The maximum atomic E-state index is 12.4. The van der Waals surface area contributed by atoms with Crippen LogP contribution in [0.1, 0.15) is 94.8 Å². The molecular formula is C36H47N4O2+. The highest BCUT2D eigenvalue weighted by molar-refractivity contribution is 5.94. The zero-order chi connectivity index (χ0) is 29.3. The Kier molecular flexibility index (Phi) is 8.07. The molecule has 2 aromatic carbocycles. The second-order valence-corrected chi connectivity index (χ2v) is 13.4. The minimum absolute atomic E-state index is 0.0182. The Morgan fingerprint density at radius 3 is 2.26 bits per heavy atom. The fourth-order valence-electron chi connectivity index (χ4n) is 9.36. The van der Waals surface area contributed by atoms with Crippen molar-refractivity contribution < 1.29 is 9.90 Å². The number of hydrogen-bond donors (Lipinski definition) is 2. The first-order valence-electron chi connectivity index (χ1n) is 16.4. The van der Waals surface area contributed by atoms with Crippen LogP contribution in [-0.4, -0.2) is 42.4 Å². The van der Waals surface area contributed by atoms with Crippen LogP contribution in [0.4, 0.5) is 17.1 Å². The number of nitriles is 1. The molecule has 0 bridgehead atoms. The van der Waals surface area contributed by atoms with Crippen LogP contribution in [-0.2, 0) is 0 Å². The van der Waals surface area contributed by atoms with Gasteiger partial charge in [0, 0.05) is 24.1 Å². The van der Waals surface area contributed by atoms with E-state index in [0.29, 0.717) is 5.56 Å². The van der Waals surface area contributed by atoms with Crippen molar-refractivity contribution >= 4 is 23.0 Å². The van der Waals surface area contributed by atoms with Gasteiger partial charge in [-0.3, -0.25) is 4.48 Å². The van der Waals surface area contributed by atoms with Gasteiger partial charge in [0.15, 0.2) is 5.69 Å². The SMILES string of the molecule is CC1C(C=C(C#N)C2Nc3ccccc3[N+]23CCCCC3)C2(CCCCCCCC2)C(C)N1c1ccccc1C(=O)O. The number of carboxylic acid groups (broad SMARTS) is 1. The predicted molar refractivity (Wildman–Crippen MR) is 171 cm³/mol. The van der Waals surface area contributed by atoms with Crippen LogP contribution in [0, 0.1) is 22.7 Å². The summed E-state index contributed by atoms with van der Waals surface area (Å²) in [6, 6.07) is 19.1. The summed E-state index contributed by atoms with van der Waals surface area (Å²) < 4.78 is 0.824. The van der Waals surface area contributed by atoms with Crippen LogP contribution in [0.2, 0.25) is 0 Å². The number of carbonyl (C=O) groups is 1. The maximum Gasteiger partial charge on any atom is 0.337 e. The number of piperidine rings is 1. The van der Waals surface area contributed by atoms with Gasteiger partial charge in [0.2, 0.25) is 6.17 Å². The Bertz CT molecular complexity index is 1360. The first kappa shape index (κ1) is 28.8. The Morgan fingerprint density at radius 2 is 1.57 bits per heavy atom. The highest BCUT2D eigenvalue weighted by Crippen LogP contribution is 2.56. The number of benzene rings is 2. The van der Waals surface area contributed by atoms with Crippen molar-refractivity contribution in [1.29, 1.82) is 5.26 Å². The largest absolute Gasteiger partial charge is 0.478 e. The van der Waals surface area contributed by atoms with Crippen LogP contribution in [0.15, 0.2) is 60.2 Å². The monoisotopic (exact) mass is 567 g/mol. The Balaban J connectivity index is 1.47. The summed E-state index contributed by atoms with van der Waals surface area (Å²) >= 11 is 0. The number of fused-ring (bicyclic) bond motifs is 2. The van der Waals surface area contributed by atoms with E-state index in [0.717, 1.165) is 47.4 Å². The molecule has 6 rings (SSSR count). The molecule has 1 aliphatic carbocycles. The number of quaternary nitrogens is 1. The topological polar surface area (TPSA) is 76.4 Å². The van der Waals surface area contributed by atoms with Crippen molar-refractivity contribution in [1.82, 2.24) is 4.48 Å².